The van der Waals surface area contributed by atoms with E-state index in [0.29, 0.717) is 41.2 Å². The number of benzene rings is 1. The highest BCUT2D eigenvalue weighted by atomic mass is 32.2. The van der Waals surface area contributed by atoms with Crippen LogP contribution in [0.5, 0.6) is 11.5 Å². The van der Waals surface area contributed by atoms with Gasteiger partial charge in [-0.2, -0.15) is 4.98 Å². The lowest BCUT2D eigenvalue weighted by molar-refractivity contribution is -0.384. The molecule has 0 aliphatic heterocycles. The van der Waals surface area contributed by atoms with Gasteiger partial charge in [0.1, 0.15) is 5.69 Å². The molecule has 2 aromatic heterocycles. The van der Waals surface area contributed by atoms with Crippen molar-refractivity contribution < 1.29 is 19.2 Å². The fourth-order valence-electron chi connectivity index (χ4n) is 3.34. The zero-order chi connectivity index (χ0) is 24.8. The molecule has 2 heterocycles. The third kappa shape index (κ3) is 5.56. The summed E-state index contributed by atoms with van der Waals surface area (Å²) < 4.78 is 13.0. The molecule has 0 saturated carbocycles. The van der Waals surface area contributed by atoms with Gasteiger partial charge >= 0.3 is 0 Å². The van der Waals surface area contributed by atoms with Gasteiger partial charge in [0.25, 0.3) is 11.5 Å². The molecule has 0 radical (unpaired) electrons. The van der Waals surface area contributed by atoms with Crippen LogP contribution in [-0.4, -0.2) is 49.9 Å². The second-order valence-electron chi connectivity index (χ2n) is 7.57. The number of thioether (sulfide) groups is 1. The molecule has 11 nitrogen and oxygen atoms in total. The largest absolute Gasteiger partial charge is 0.490 e. The van der Waals surface area contributed by atoms with Crippen LogP contribution in [0, 0.1) is 24.0 Å². The second-order valence-corrected chi connectivity index (χ2v) is 8.34. The number of aryl methyl sites for hydroxylation is 2. The van der Waals surface area contributed by atoms with Gasteiger partial charge in [0.2, 0.25) is 11.1 Å². The van der Waals surface area contributed by atoms with E-state index in [4.69, 9.17) is 9.47 Å². The van der Waals surface area contributed by atoms with Crippen molar-refractivity contribution in [1.29, 1.82) is 0 Å². The Balaban J connectivity index is 1.92. The number of aromatic nitrogens is 4. The number of hydrogen-bond donors (Lipinski definition) is 1. The van der Waals surface area contributed by atoms with Crippen LogP contribution in [0.25, 0.3) is 5.78 Å². The molecule has 0 saturated heterocycles. The molecule has 0 aliphatic rings. The fraction of sp³-hybridized carbons (Fsp3) is 0.455. The molecule has 182 valence electrons. The first-order valence-electron chi connectivity index (χ1n) is 10.9. The van der Waals surface area contributed by atoms with Gasteiger partial charge in [0, 0.05) is 23.0 Å². The van der Waals surface area contributed by atoms with Gasteiger partial charge in [-0.3, -0.25) is 14.9 Å². The third-order valence-corrected chi connectivity index (χ3v) is 5.54. The molecule has 3 rings (SSSR count). The predicted molar refractivity (Wildman–Crippen MR) is 129 cm³/mol. The average molecular weight is 489 g/mol. The molecule has 1 aromatic carbocycles. The number of nitrogens with one attached hydrogen (secondary N) is 1. The molecule has 1 amide bonds. The number of nitrogens with zero attached hydrogens (tertiary/aromatic N) is 5. The standard InChI is InChI=1S/C22H28N6O5S/c1-6-8-32-18-11-16(17(28(30)31)12-19(18)33-9-7-2)24-20(29)10-15-13(3)23-21-25-22(34-5)26-27(21)14(15)4/h11-12H,6-10H2,1-5H3,(H,24,29). The first-order valence-corrected chi connectivity index (χ1v) is 12.2. The Morgan fingerprint density at radius 2 is 1.79 bits per heavy atom. The van der Waals surface area contributed by atoms with Crippen molar-refractivity contribution in [3.63, 3.8) is 0 Å². The SMILES string of the molecule is CCCOc1cc(NC(=O)Cc2c(C)nc3nc(SC)nn3c2C)c([N+](=O)[O-])cc1OCCC. The lowest BCUT2D eigenvalue weighted by Gasteiger charge is -2.15. The summed E-state index contributed by atoms with van der Waals surface area (Å²) in [5, 5.41) is 19.4. The minimum atomic E-state index is -0.554. The van der Waals surface area contributed by atoms with Crippen LogP contribution < -0.4 is 14.8 Å². The summed E-state index contributed by atoms with van der Waals surface area (Å²) in [4.78, 5) is 32.9. The van der Waals surface area contributed by atoms with E-state index in [1.807, 2.05) is 27.0 Å². The van der Waals surface area contributed by atoms with Crippen molar-refractivity contribution in [3.05, 3.63) is 39.2 Å². The number of carbonyl (C=O) groups is 1. The summed E-state index contributed by atoms with van der Waals surface area (Å²) >= 11 is 1.40. The summed E-state index contributed by atoms with van der Waals surface area (Å²) in [5.41, 5.74) is 1.82. The van der Waals surface area contributed by atoms with Crippen molar-refractivity contribution in [2.75, 3.05) is 24.8 Å². The molecule has 0 bridgehead atoms. The van der Waals surface area contributed by atoms with E-state index in [0.717, 1.165) is 18.5 Å². The summed E-state index contributed by atoms with van der Waals surface area (Å²) in [6, 6.07) is 2.74. The summed E-state index contributed by atoms with van der Waals surface area (Å²) in [6.45, 7) is 8.32. The first kappa shape index (κ1) is 25.2. The van der Waals surface area contributed by atoms with Crippen molar-refractivity contribution in [3.8, 4) is 11.5 Å². The number of nitro benzene ring substituents is 1. The number of hydrogen-bond acceptors (Lipinski definition) is 9. The van der Waals surface area contributed by atoms with Crippen molar-refractivity contribution >= 4 is 34.8 Å². The molecule has 0 fully saturated rings. The molecule has 3 aromatic rings. The average Bonchev–Trinajstić information content (AvgIpc) is 3.22. The quantitative estimate of drug-likeness (QED) is 0.240. The minimum absolute atomic E-state index is 0.0363. The zero-order valence-corrected chi connectivity index (χ0v) is 20.7. The number of anilines is 1. The Morgan fingerprint density at radius 3 is 2.38 bits per heavy atom. The number of fused-ring (bicyclic) bond motifs is 1. The number of amides is 1. The highest BCUT2D eigenvalue weighted by molar-refractivity contribution is 7.98. The van der Waals surface area contributed by atoms with E-state index >= 15 is 0 Å². The van der Waals surface area contributed by atoms with E-state index in [1.54, 1.807) is 11.4 Å². The Hall–Kier alpha value is -3.41. The topological polar surface area (TPSA) is 134 Å². The number of rotatable bonds is 11. The van der Waals surface area contributed by atoms with Crippen LogP contribution in [0.2, 0.25) is 0 Å². The number of ether oxygens (including phenoxy) is 2. The fourth-order valence-corrected chi connectivity index (χ4v) is 3.67. The lowest BCUT2D eigenvalue weighted by atomic mass is 10.1. The van der Waals surface area contributed by atoms with E-state index < -0.39 is 10.8 Å². The molecule has 1 N–H and O–H groups in total. The first-order chi connectivity index (χ1) is 16.3. The van der Waals surface area contributed by atoms with Crippen molar-refractivity contribution in [2.24, 2.45) is 0 Å². The van der Waals surface area contributed by atoms with Crippen LogP contribution >= 0.6 is 11.8 Å². The molecule has 12 heteroatoms. The van der Waals surface area contributed by atoms with Crippen LogP contribution in [-0.2, 0) is 11.2 Å². The molecule has 0 spiro atoms. The van der Waals surface area contributed by atoms with Gasteiger partial charge in [-0.15, -0.1) is 5.10 Å². The lowest BCUT2D eigenvalue weighted by Crippen LogP contribution is -2.18. The molecule has 0 unspecified atom stereocenters. The molecule has 0 aliphatic carbocycles. The third-order valence-electron chi connectivity index (χ3n) is 5.01. The number of nitro groups is 1. The number of carbonyl (C=O) groups excluding carboxylic acids is 1. The molecule has 34 heavy (non-hydrogen) atoms. The Kier molecular flexibility index (Phi) is 8.26. The van der Waals surface area contributed by atoms with Crippen molar-refractivity contribution in [2.45, 2.75) is 52.1 Å². The summed E-state index contributed by atoms with van der Waals surface area (Å²) in [7, 11) is 0. The van der Waals surface area contributed by atoms with Gasteiger partial charge in [-0.1, -0.05) is 25.6 Å². The zero-order valence-electron chi connectivity index (χ0n) is 19.9. The van der Waals surface area contributed by atoms with Gasteiger partial charge in [-0.05, 0) is 32.9 Å². The Morgan fingerprint density at radius 1 is 1.15 bits per heavy atom. The van der Waals surface area contributed by atoms with Gasteiger partial charge in [0.15, 0.2) is 11.5 Å². The summed E-state index contributed by atoms with van der Waals surface area (Å²) in [6.07, 6.45) is 3.32. The molecule has 0 atom stereocenters. The summed E-state index contributed by atoms with van der Waals surface area (Å²) in [5.74, 6) is 0.653. The molecular weight excluding hydrogens is 460 g/mol. The van der Waals surface area contributed by atoms with E-state index in [2.05, 4.69) is 20.4 Å². The maximum atomic E-state index is 13.0. The smallest absolute Gasteiger partial charge is 0.296 e. The monoisotopic (exact) mass is 488 g/mol. The Bertz CT molecular complexity index is 1210. The predicted octanol–water partition coefficient (Wildman–Crippen LogP) is 4.13. The van der Waals surface area contributed by atoms with Gasteiger partial charge < -0.3 is 14.8 Å². The van der Waals surface area contributed by atoms with Crippen LogP contribution in [0.3, 0.4) is 0 Å². The van der Waals surface area contributed by atoms with Crippen molar-refractivity contribution in [1.82, 2.24) is 19.6 Å². The maximum Gasteiger partial charge on any atom is 0.296 e. The minimum Gasteiger partial charge on any atom is -0.490 e. The molecular formula is C22H28N6O5S. The van der Waals surface area contributed by atoms with E-state index in [9.17, 15) is 14.9 Å². The second kappa shape index (κ2) is 11.1. The van der Waals surface area contributed by atoms with Gasteiger partial charge in [-0.25, -0.2) is 9.50 Å². The maximum absolute atomic E-state index is 13.0. The Labute approximate surface area is 201 Å². The van der Waals surface area contributed by atoms with Crippen LogP contribution in [0.1, 0.15) is 43.6 Å². The van der Waals surface area contributed by atoms with Gasteiger partial charge in [0.05, 0.1) is 30.6 Å². The van der Waals surface area contributed by atoms with Crippen LogP contribution in [0.15, 0.2) is 17.3 Å². The normalized spacial score (nSPS) is 11.0. The highest BCUT2D eigenvalue weighted by Gasteiger charge is 2.23. The van der Waals surface area contributed by atoms with E-state index in [-0.39, 0.29) is 23.5 Å². The van der Waals surface area contributed by atoms with E-state index in [1.165, 1.54) is 23.9 Å². The highest BCUT2D eigenvalue weighted by Crippen LogP contribution is 2.38. The van der Waals surface area contributed by atoms with Crippen LogP contribution in [0.4, 0.5) is 11.4 Å².